The van der Waals surface area contributed by atoms with E-state index in [-0.39, 0.29) is 6.10 Å². The first kappa shape index (κ1) is 10.3. The van der Waals surface area contributed by atoms with Crippen molar-refractivity contribution in [2.75, 3.05) is 0 Å². The predicted molar refractivity (Wildman–Crippen MR) is 65.9 cm³/mol. The Kier molecular flexibility index (Phi) is 2.65. The molecule has 1 nitrogen and oxygen atoms in total. The first-order valence-corrected chi connectivity index (χ1v) is 7.37. The van der Waals surface area contributed by atoms with Gasteiger partial charge in [0, 0.05) is 9.35 Å². The van der Waals surface area contributed by atoms with Gasteiger partial charge in [-0.2, -0.15) is 0 Å². The molecule has 3 unspecified atom stereocenters. The summed E-state index contributed by atoms with van der Waals surface area (Å²) in [6.45, 7) is 0. The Balaban J connectivity index is 1.76. The molecule has 1 N–H and O–H groups in total. The molecule has 3 atom stereocenters. The Labute approximate surface area is 103 Å². The van der Waals surface area contributed by atoms with Gasteiger partial charge in [-0.15, -0.1) is 11.3 Å². The van der Waals surface area contributed by atoms with Gasteiger partial charge >= 0.3 is 0 Å². The van der Waals surface area contributed by atoms with Gasteiger partial charge in [0.15, 0.2) is 0 Å². The molecule has 2 fully saturated rings. The largest absolute Gasteiger partial charge is 0.387 e. The molecule has 15 heavy (non-hydrogen) atoms. The highest BCUT2D eigenvalue weighted by Gasteiger charge is 2.54. The summed E-state index contributed by atoms with van der Waals surface area (Å²) in [5.41, 5.74) is 0. The lowest BCUT2D eigenvalue weighted by Gasteiger charge is -2.08. The number of aliphatic hydroxyl groups is 1. The molecule has 0 amide bonds. The van der Waals surface area contributed by atoms with Crippen LogP contribution < -0.4 is 0 Å². The molecule has 0 aliphatic heterocycles. The predicted octanol–water partition coefficient (Wildman–Crippen LogP) is 3.98. The van der Waals surface area contributed by atoms with Gasteiger partial charge in [0.1, 0.15) is 0 Å². The molecule has 3 heteroatoms. The summed E-state index contributed by atoms with van der Waals surface area (Å²) >= 11 is 5.19. The van der Waals surface area contributed by atoms with Crippen molar-refractivity contribution in [3.63, 3.8) is 0 Å². The summed E-state index contributed by atoms with van der Waals surface area (Å²) in [6, 6.07) is 2.04. The molecule has 0 radical (unpaired) electrons. The van der Waals surface area contributed by atoms with E-state index in [1.807, 2.05) is 6.07 Å². The van der Waals surface area contributed by atoms with Crippen LogP contribution in [-0.4, -0.2) is 5.11 Å². The number of fused-ring (bicyclic) bond motifs is 1. The SMILES string of the molecule is OC(c1sccc1Br)C1C2CCCCC21. The van der Waals surface area contributed by atoms with Gasteiger partial charge in [0.05, 0.1) is 6.10 Å². The van der Waals surface area contributed by atoms with Crippen molar-refractivity contribution in [3.8, 4) is 0 Å². The molecule has 0 bridgehead atoms. The second-order valence-corrected chi connectivity index (χ2v) is 6.57. The number of rotatable bonds is 2. The van der Waals surface area contributed by atoms with Crippen LogP contribution in [0.1, 0.15) is 36.7 Å². The van der Waals surface area contributed by atoms with Crippen molar-refractivity contribution in [1.82, 2.24) is 0 Å². The van der Waals surface area contributed by atoms with Crippen LogP contribution >= 0.6 is 27.3 Å². The van der Waals surface area contributed by atoms with E-state index in [0.717, 1.165) is 21.2 Å². The van der Waals surface area contributed by atoms with Crippen LogP contribution in [0.5, 0.6) is 0 Å². The summed E-state index contributed by atoms with van der Waals surface area (Å²) in [5.74, 6) is 2.20. The lowest BCUT2D eigenvalue weighted by atomic mass is 10.0. The molecule has 0 saturated heterocycles. The van der Waals surface area contributed by atoms with E-state index < -0.39 is 0 Å². The first-order chi connectivity index (χ1) is 7.29. The molecule has 1 aromatic rings. The molecule has 1 aromatic heterocycles. The zero-order chi connectivity index (χ0) is 10.4. The molecular weight excluding hydrogens is 272 g/mol. The molecule has 2 saturated carbocycles. The maximum Gasteiger partial charge on any atom is 0.0926 e. The molecule has 0 spiro atoms. The smallest absolute Gasteiger partial charge is 0.0926 e. The highest BCUT2D eigenvalue weighted by Crippen LogP contribution is 2.61. The van der Waals surface area contributed by atoms with E-state index >= 15 is 0 Å². The van der Waals surface area contributed by atoms with Crippen LogP contribution in [0.2, 0.25) is 0 Å². The maximum absolute atomic E-state index is 10.3. The number of thiophene rings is 1. The fourth-order valence-electron chi connectivity index (χ4n) is 3.21. The third-order valence-electron chi connectivity index (χ3n) is 4.00. The zero-order valence-corrected chi connectivity index (χ0v) is 10.9. The normalized spacial score (nSPS) is 36.0. The monoisotopic (exact) mass is 286 g/mol. The Morgan fingerprint density at radius 2 is 2.00 bits per heavy atom. The minimum atomic E-state index is -0.215. The van der Waals surface area contributed by atoms with Crippen LogP contribution in [-0.2, 0) is 0 Å². The number of hydrogen-bond acceptors (Lipinski definition) is 2. The van der Waals surface area contributed by atoms with Crippen molar-refractivity contribution < 1.29 is 5.11 Å². The molecule has 3 rings (SSSR count). The van der Waals surface area contributed by atoms with Crippen molar-refractivity contribution in [1.29, 1.82) is 0 Å². The van der Waals surface area contributed by atoms with Gasteiger partial charge in [-0.3, -0.25) is 0 Å². The lowest BCUT2D eigenvalue weighted by molar-refractivity contribution is 0.145. The van der Waals surface area contributed by atoms with Gasteiger partial charge in [0.25, 0.3) is 0 Å². The molecule has 2 aliphatic rings. The number of hydrogen-bond donors (Lipinski definition) is 1. The third-order valence-corrected chi connectivity index (χ3v) is 5.94. The van der Waals surface area contributed by atoms with Gasteiger partial charge in [-0.05, 0) is 58.0 Å². The van der Waals surface area contributed by atoms with E-state index in [1.165, 1.54) is 25.7 Å². The molecule has 0 aromatic carbocycles. The number of aliphatic hydroxyl groups excluding tert-OH is 1. The Morgan fingerprint density at radius 1 is 1.33 bits per heavy atom. The average Bonchev–Trinajstić information content (AvgIpc) is 2.83. The van der Waals surface area contributed by atoms with Crippen molar-refractivity contribution in [2.45, 2.75) is 31.8 Å². The highest BCUT2D eigenvalue weighted by molar-refractivity contribution is 9.10. The summed E-state index contributed by atoms with van der Waals surface area (Å²) < 4.78 is 1.09. The minimum Gasteiger partial charge on any atom is -0.387 e. The second kappa shape index (κ2) is 3.86. The van der Waals surface area contributed by atoms with Crippen LogP contribution in [0.25, 0.3) is 0 Å². The fourth-order valence-corrected chi connectivity index (χ4v) is 4.86. The number of halogens is 1. The van der Waals surface area contributed by atoms with E-state index in [0.29, 0.717) is 5.92 Å². The van der Waals surface area contributed by atoms with E-state index in [9.17, 15) is 5.11 Å². The second-order valence-electron chi connectivity index (χ2n) is 4.77. The van der Waals surface area contributed by atoms with Crippen LogP contribution in [0, 0.1) is 17.8 Å². The topological polar surface area (TPSA) is 20.2 Å². The van der Waals surface area contributed by atoms with Gasteiger partial charge in [0.2, 0.25) is 0 Å². The summed E-state index contributed by atoms with van der Waals surface area (Å²) in [6.07, 6.45) is 5.21. The summed E-state index contributed by atoms with van der Waals surface area (Å²) in [7, 11) is 0. The first-order valence-electron chi connectivity index (χ1n) is 5.70. The minimum absolute atomic E-state index is 0.215. The molecule has 2 aliphatic carbocycles. The standard InChI is InChI=1S/C12H15BrOS/c13-9-5-6-15-12(9)11(14)10-7-3-1-2-4-8(7)10/h5-8,10-11,14H,1-4H2. The Hall–Kier alpha value is 0.140. The quantitative estimate of drug-likeness (QED) is 0.872. The maximum atomic E-state index is 10.3. The van der Waals surface area contributed by atoms with E-state index in [4.69, 9.17) is 0 Å². The lowest BCUT2D eigenvalue weighted by Crippen LogP contribution is -2.00. The Bertz CT molecular complexity index is 350. The Morgan fingerprint density at radius 3 is 2.53 bits per heavy atom. The van der Waals surface area contributed by atoms with Gasteiger partial charge in [-0.25, -0.2) is 0 Å². The highest BCUT2D eigenvalue weighted by atomic mass is 79.9. The molecular formula is C12H15BrOS. The summed E-state index contributed by atoms with van der Waals surface area (Å²) in [5, 5.41) is 12.4. The van der Waals surface area contributed by atoms with E-state index in [1.54, 1.807) is 11.3 Å². The van der Waals surface area contributed by atoms with Gasteiger partial charge in [-0.1, -0.05) is 12.8 Å². The molecule has 1 heterocycles. The van der Waals surface area contributed by atoms with Gasteiger partial charge < -0.3 is 5.11 Å². The van der Waals surface area contributed by atoms with Crippen LogP contribution in [0.15, 0.2) is 15.9 Å². The fraction of sp³-hybridized carbons (Fsp3) is 0.667. The van der Waals surface area contributed by atoms with E-state index in [2.05, 4.69) is 21.3 Å². The third kappa shape index (κ3) is 1.69. The van der Waals surface area contributed by atoms with Crippen LogP contribution in [0.3, 0.4) is 0 Å². The van der Waals surface area contributed by atoms with Crippen molar-refractivity contribution in [3.05, 3.63) is 20.8 Å². The zero-order valence-electron chi connectivity index (χ0n) is 8.53. The molecule has 82 valence electrons. The summed E-state index contributed by atoms with van der Waals surface area (Å²) in [4.78, 5) is 1.13. The van der Waals surface area contributed by atoms with Crippen LogP contribution in [0.4, 0.5) is 0 Å². The average molecular weight is 287 g/mol. The van der Waals surface area contributed by atoms with Crippen molar-refractivity contribution >= 4 is 27.3 Å². The van der Waals surface area contributed by atoms with Crippen molar-refractivity contribution in [2.24, 2.45) is 17.8 Å².